The number of unbranched alkanes of at least 4 members (excludes halogenated alkanes) is 8. The summed E-state index contributed by atoms with van der Waals surface area (Å²) in [6.07, 6.45) is 14.9. The highest BCUT2D eigenvalue weighted by Gasteiger charge is 2.15. The fourth-order valence-corrected chi connectivity index (χ4v) is 4.37. The third-order valence-corrected chi connectivity index (χ3v) is 6.70. The maximum absolute atomic E-state index is 12.7. The number of esters is 1. The Balaban J connectivity index is 1.86. The first-order chi connectivity index (χ1) is 17.1. The van der Waals surface area contributed by atoms with Gasteiger partial charge in [-0.3, -0.25) is 4.79 Å². The van der Waals surface area contributed by atoms with Gasteiger partial charge in [0.25, 0.3) is 0 Å². The molecule has 0 aromatic heterocycles. The molecule has 1 atom stereocenters. The molecule has 1 unspecified atom stereocenters. The van der Waals surface area contributed by atoms with E-state index < -0.39 is 0 Å². The van der Waals surface area contributed by atoms with E-state index in [0.29, 0.717) is 29.2 Å². The number of carbonyl (C=O) groups is 2. The predicted molar refractivity (Wildman–Crippen MR) is 146 cm³/mol. The van der Waals surface area contributed by atoms with E-state index in [0.717, 1.165) is 18.5 Å². The summed E-state index contributed by atoms with van der Waals surface area (Å²) < 4.78 is 5.72. The van der Waals surface area contributed by atoms with E-state index in [4.69, 9.17) is 4.74 Å². The van der Waals surface area contributed by atoms with Crippen molar-refractivity contribution in [3.63, 3.8) is 0 Å². The Kier molecular flexibility index (Phi) is 13.8. The standard InChI is InChI=1S/C31H45NO3/c1-4-6-8-10-11-13-15-25(14-12-9-7-5-2)24-35-31(34)28-18-16-26(17-19-28)30(33)27-20-22-29(32-3)23-21-27/h16-23,25,32H,4-15,24H2,1-3H3. The minimum absolute atomic E-state index is 0.0568. The van der Waals surface area contributed by atoms with Gasteiger partial charge in [-0.05, 0) is 55.2 Å². The van der Waals surface area contributed by atoms with Crippen LogP contribution in [0.3, 0.4) is 0 Å². The minimum atomic E-state index is -0.302. The molecule has 0 saturated carbocycles. The molecule has 0 heterocycles. The van der Waals surface area contributed by atoms with Crippen molar-refractivity contribution in [2.45, 2.75) is 90.9 Å². The van der Waals surface area contributed by atoms with Crippen LogP contribution in [0.5, 0.6) is 0 Å². The van der Waals surface area contributed by atoms with E-state index in [-0.39, 0.29) is 11.8 Å². The summed E-state index contributed by atoms with van der Waals surface area (Å²) in [5, 5.41) is 3.05. The lowest BCUT2D eigenvalue weighted by Crippen LogP contribution is -2.15. The van der Waals surface area contributed by atoms with Crippen molar-refractivity contribution >= 4 is 17.4 Å². The number of hydrogen-bond acceptors (Lipinski definition) is 4. The van der Waals surface area contributed by atoms with Gasteiger partial charge in [-0.1, -0.05) is 90.2 Å². The van der Waals surface area contributed by atoms with Gasteiger partial charge in [-0.25, -0.2) is 4.79 Å². The van der Waals surface area contributed by atoms with Gasteiger partial charge in [-0.2, -0.15) is 0 Å². The second-order valence-corrected chi connectivity index (χ2v) is 9.60. The molecular formula is C31H45NO3. The number of benzene rings is 2. The van der Waals surface area contributed by atoms with Crippen molar-refractivity contribution in [2.24, 2.45) is 5.92 Å². The molecule has 0 spiro atoms. The number of anilines is 1. The number of ketones is 1. The SMILES string of the molecule is CCCCCCCCC(CCCCCC)COC(=O)c1ccc(C(=O)c2ccc(NC)cc2)cc1. The molecule has 2 aromatic rings. The van der Waals surface area contributed by atoms with Crippen molar-refractivity contribution in [1.29, 1.82) is 0 Å². The van der Waals surface area contributed by atoms with Crippen LogP contribution in [0.2, 0.25) is 0 Å². The van der Waals surface area contributed by atoms with Gasteiger partial charge >= 0.3 is 5.97 Å². The van der Waals surface area contributed by atoms with E-state index in [1.807, 2.05) is 19.2 Å². The van der Waals surface area contributed by atoms with Crippen molar-refractivity contribution < 1.29 is 14.3 Å². The molecule has 4 heteroatoms. The third-order valence-electron chi connectivity index (χ3n) is 6.70. The zero-order valence-corrected chi connectivity index (χ0v) is 22.1. The molecule has 0 fully saturated rings. The Morgan fingerprint density at radius 2 is 1.14 bits per heavy atom. The molecule has 0 bridgehead atoms. The minimum Gasteiger partial charge on any atom is -0.462 e. The summed E-state index contributed by atoms with van der Waals surface area (Å²) in [7, 11) is 1.85. The van der Waals surface area contributed by atoms with Crippen LogP contribution in [0.15, 0.2) is 48.5 Å². The Bertz CT molecular complexity index is 858. The van der Waals surface area contributed by atoms with Crippen LogP contribution in [0.1, 0.15) is 117 Å². The van der Waals surface area contributed by atoms with Gasteiger partial charge < -0.3 is 10.1 Å². The largest absolute Gasteiger partial charge is 0.462 e. The number of nitrogens with one attached hydrogen (secondary N) is 1. The average Bonchev–Trinajstić information content (AvgIpc) is 2.90. The lowest BCUT2D eigenvalue weighted by molar-refractivity contribution is 0.0422. The Hall–Kier alpha value is -2.62. The first-order valence-electron chi connectivity index (χ1n) is 13.7. The molecule has 2 aromatic carbocycles. The van der Waals surface area contributed by atoms with Crippen molar-refractivity contribution in [1.82, 2.24) is 0 Å². The summed E-state index contributed by atoms with van der Waals surface area (Å²) in [6, 6.07) is 14.2. The highest BCUT2D eigenvalue weighted by molar-refractivity contribution is 6.09. The summed E-state index contributed by atoms with van der Waals surface area (Å²) >= 11 is 0. The number of rotatable bonds is 18. The normalized spacial score (nSPS) is 11.7. The molecule has 0 aliphatic rings. The zero-order valence-electron chi connectivity index (χ0n) is 22.1. The number of carbonyl (C=O) groups excluding carboxylic acids is 2. The van der Waals surface area contributed by atoms with Crippen molar-refractivity contribution in [3.05, 3.63) is 65.2 Å². The van der Waals surface area contributed by atoms with Gasteiger partial charge in [0, 0.05) is 23.9 Å². The Morgan fingerprint density at radius 3 is 1.69 bits per heavy atom. The lowest BCUT2D eigenvalue weighted by atomic mass is 9.95. The summed E-state index contributed by atoms with van der Waals surface area (Å²) in [5.74, 6) is 0.0749. The molecule has 35 heavy (non-hydrogen) atoms. The van der Waals surface area contributed by atoms with E-state index in [2.05, 4.69) is 19.2 Å². The highest BCUT2D eigenvalue weighted by atomic mass is 16.5. The molecule has 0 radical (unpaired) electrons. The van der Waals surface area contributed by atoms with E-state index >= 15 is 0 Å². The van der Waals surface area contributed by atoms with Crippen LogP contribution < -0.4 is 5.32 Å². The van der Waals surface area contributed by atoms with Gasteiger partial charge in [0.1, 0.15) is 0 Å². The second kappa shape index (κ2) is 16.9. The Morgan fingerprint density at radius 1 is 0.686 bits per heavy atom. The van der Waals surface area contributed by atoms with Crippen molar-refractivity contribution in [2.75, 3.05) is 19.0 Å². The lowest BCUT2D eigenvalue weighted by Gasteiger charge is -2.17. The summed E-state index contributed by atoms with van der Waals surface area (Å²) in [6.45, 7) is 4.96. The number of ether oxygens (including phenoxy) is 1. The fourth-order valence-electron chi connectivity index (χ4n) is 4.37. The molecule has 4 nitrogen and oxygen atoms in total. The first-order valence-corrected chi connectivity index (χ1v) is 13.7. The monoisotopic (exact) mass is 479 g/mol. The third kappa shape index (κ3) is 10.7. The highest BCUT2D eigenvalue weighted by Crippen LogP contribution is 2.20. The van der Waals surface area contributed by atoms with Crippen molar-refractivity contribution in [3.8, 4) is 0 Å². The molecule has 2 rings (SSSR count). The molecule has 192 valence electrons. The van der Waals surface area contributed by atoms with Crippen LogP contribution in [-0.4, -0.2) is 25.4 Å². The first kappa shape index (κ1) is 28.6. The molecular weight excluding hydrogens is 434 g/mol. The Labute approximate surface area is 212 Å². The van der Waals surface area contributed by atoms with E-state index in [1.165, 1.54) is 64.2 Å². The maximum Gasteiger partial charge on any atom is 0.338 e. The predicted octanol–water partition coefficient (Wildman–Crippen LogP) is 8.45. The molecule has 1 N–H and O–H groups in total. The second-order valence-electron chi connectivity index (χ2n) is 9.60. The smallest absolute Gasteiger partial charge is 0.338 e. The molecule has 0 saturated heterocycles. The van der Waals surface area contributed by atoms with Gasteiger partial charge in [0.05, 0.1) is 12.2 Å². The summed E-state index contributed by atoms with van der Waals surface area (Å²) in [4.78, 5) is 25.4. The quantitative estimate of drug-likeness (QED) is 0.132. The van der Waals surface area contributed by atoms with Crippen LogP contribution >= 0.6 is 0 Å². The van der Waals surface area contributed by atoms with Crippen LogP contribution in [0.4, 0.5) is 5.69 Å². The topological polar surface area (TPSA) is 55.4 Å². The van der Waals surface area contributed by atoms with Gasteiger partial charge in [0.15, 0.2) is 5.78 Å². The molecule has 0 amide bonds. The number of hydrogen-bond donors (Lipinski definition) is 1. The van der Waals surface area contributed by atoms with Crippen LogP contribution in [-0.2, 0) is 4.74 Å². The fraction of sp³-hybridized carbons (Fsp3) is 0.548. The van der Waals surface area contributed by atoms with Gasteiger partial charge in [-0.15, -0.1) is 0 Å². The van der Waals surface area contributed by atoms with Gasteiger partial charge in [0.2, 0.25) is 0 Å². The van der Waals surface area contributed by atoms with E-state index in [1.54, 1.807) is 36.4 Å². The average molecular weight is 480 g/mol. The summed E-state index contributed by atoms with van der Waals surface area (Å²) in [5.41, 5.74) is 2.65. The molecule has 0 aliphatic carbocycles. The maximum atomic E-state index is 12.7. The molecule has 0 aliphatic heterocycles. The van der Waals surface area contributed by atoms with Crippen LogP contribution in [0, 0.1) is 5.92 Å². The van der Waals surface area contributed by atoms with Crippen LogP contribution in [0.25, 0.3) is 0 Å². The zero-order chi connectivity index (χ0) is 25.3. The van der Waals surface area contributed by atoms with E-state index in [9.17, 15) is 9.59 Å².